The number of anilines is 4. The monoisotopic (exact) mass is 534 g/mol. The predicted octanol–water partition coefficient (Wildman–Crippen LogP) is 2.61. The Morgan fingerprint density at radius 3 is 2.47 bits per heavy atom. The van der Waals surface area contributed by atoms with Crippen LogP contribution in [0.1, 0.15) is 5.69 Å². The molecule has 1 aromatic carbocycles. The first kappa shape index (κ1) is 26.2. The van der Waals surface area contributed by atoms with E-state index in [0.717, 1.165) is 62.4 Å². The number of carbonyl (C=O) groups excluding carboxylic acids is 1. The topological polar surface area (TPSA) is 98.8 Å². The lowest BCUT2D eigenvalue weighted by molar-refractivity contribution is -0.130. The van der Waals surface area contributed by atoms with E-state index in [1.165, 1.54) is 17.4 Å². The van der Waals surface area contributed by atoms with E-state index in [1.54, 1.807) is 6.20 Å². The zero-order chi connectivity index (χ0) is 26.2. The first-order valence-corrected chi connectivity index (χ1v) is 14.2. The molecular formula is C27H34N8O2S. The quantitative estimate of drug-likeness (QED) is 0.315. The lowest BCUT2D eigenvalue weighted by Crippen LogP contribution is -2.51. The highest BCUT2D eigenvalue weighted by Crippen LogP contribution is 2.25. The number of amides is 1. The first-order valence-electron chi connectivity index (χ1n) is 12.9. The molecule has 11 heteroatoms. The molecular weight excluding hydrogens is 500 g/mol. The van der Waals surface area contributed by atoms with Crippen molar-refractivity contribution in [1.29, 1.82) is 0 Å². The maximum atomic E-state index is 12.7. The van der Waals surface area contributed by atoms with Gasteiger partial charge in [0.05, 0.1) is 25.5 Å². The second-order valence-electron chi connectivity index (χ2n) is 9.16. The van der Waals surface area contributed by atoms with Crippen molar-refractivity contribution in [2.45, 2.75) is 11.7 Å². The molecule has 38 heavy (non-hydrogen) atoms. The molecule has 2 aliphatic heterocycles. The smallest absolute Gasteiger partial charge is 0.236 e. The van der Waals surface area contributed by atoms with Gasteiger partial charge in [-0.2, -0.15) is 0 Å². The molecule has 0 radical (unpaired) electrons. The van der Waals surface area contributed by atoms with Crippen LogP contribution in [-0.2, 0) is 16.1 Å². The van der Waals surface area contributed by atoms with Crippen molar-refractivity contribution in [2.24, 2.45) is 0 Å². The van der Waals surface area contributed by atoms with Gasteiger partial charge in [0.2, 0.25) is 5.91 Å². The average Bonchev–Trinajstić information content (AvgIpc) is 2.98. The van der Waals surface area contributed by atoms with Gasteiger partial charge in [-0.05, 0) is 42.7 Å². The molecule has 0 unspecified atom stereocenters. The molecule has 10 nitrogen and oxygen atoms in total. The number of thioether (sulfide) groups is 1. The van der Waals surface area contributed by atoms with Crippen LogP contribution < -0.4 is 20.4 Å². The third-order valence-electron chi connectivity index (χ3n) is 6.66. The van der Waals surface area contributed by atoms with Crippen LogP contribution >= 0.6 is 11.8 Å². The lowest BCUT2D eigenvalue weighted by Gasteiger charge is -2.35. The number of hydrogen-bond donors (Lipinski definition) is 2. The zero-order valence-electron chi connectivity index (χ0n) is 21.7. The van der Waals surface area contributed by atoms with E-state index in [4.69, 9.17) is 9.72 Å². The van der Waals surface area contributed by atoms with Crippen LogP contribution in [0.4, 0.5) is 23.0 Å². The summed E-state index contributed by atoms with van der Waals surface area (Å²) in [6.45, 7) is 7.03. The largest absolute Gasteiger partial charge is 0.378 e. The second-order valence-corrected chi connectivity index (χ2v) is 9.94. The number of morpholine rings is 1. The van der Waals surface area contributed by atoms with E-state index in [-0.39, 0.29) is 5.91 Å². The highest BCUT2D eigenvalue weighted by Gasteiger charge is 2.22. The van der Waals surface area contributed by atoms with Gasteiger partial charge in [-0.25, -0.2) is 9.97 Å². The number of benzene rings is 1. The third kappa shape index (κ3) is 6.91. The molecule has 2 fully saturated rings. The summed E-state index contributed by atoms with van der Waals surface area (Å²) < 4.78 is 5.46. The van der Waals surface area contributed by atoms with Gasteiger partial charge in [-0.3, -0.25) is 9.78 Å². The van der Waals surface area contributed by atoms with Crippen LogP contribution in [0.15, 0.2) is 59.9 Å². The number of rotatable bonds is 9. The standard InChI is InChI=1S/C27H34N8O2S/c1-38-27-31-24(30-21-5-7-23(8-6-21)33-14-16-37-17-15-33)18-25(32-27)34-10-12-35(13-11-34)26(36)20-28-19-22-4-2-3-9-29-22/h2-9,18,28H,10-17,19-20H2,1H3,(H,30,31,32). The molecule has 2 saturated heterocycles. The van der Waals surface area contributed by atoms with E-state index < -0.39 is 0 Å². The summed E-state index contributed by atoms with van der Waals surface area (Å²) >= 11 is 1.52. The molecule has 2 N–H and O–H groups in total. The van der Waals surface area contributed by atoms with E-state index >= 15 is 0 Å². The molecule has 2 aliphatic rings. The zero-order valence-corrected chi connectivity index (χ0v) is 22.5. The van der Waals surface area contributed by atoms with Gasteiger partial charge < -0.3 is 30.1 Å². The number of piperazine rings is 1. The van der Waals surface area contributed by atoms with Crippen molar-refractivity contribution in [1.82, 2.24) is 25.2 Å². The molecule has 200 valence electrons. The molecule has 0 atom stereocenters. The SMILES string of the molecule is CSc1nc(Nc2ccc(N3CCOCC3)cc2)cc(N2CCN(C(=O)CNCc3ccccn3)CC2)n1. The van der Waals surface area contributed by atoms with Crippen molar-refractivity contribution in [2.75, 3.05) is 80.4 Å². The van der Waals surface area contributed by atoms with Crippen LogP contribution in [0.3, 0.4) is 0 Å². The Morgan fingerprint density at radius 1 is 0.974 bits per heavy atom. The molecule has 0 bridgehead atoms. The van der Waals surface area contributed by atoms with Crippen LogP contribution in [-0.4, -0.2) is 91.0 Å². The van der Waals surface area contributed by atoms with Crippen molar-refractivity contribution in [3.05, 3.63) is 60.4 Å². The summed E-state index contributed by atoms with van der Waals surface area (Å²) in [4.78, 5) is 32.8. The Hall–Kier alpha value is -3.41. The van der Waals surface area contributed by atoms with Crippen molar-refractivity contribution < 1.29 is 9.53 Å². The average molecular weight is 535 g/mol. The Bertz CT molecular complexity index is 1180. The number of ether oxygens (including phenoxy) is 1. The highest BCUT2D eigenvalue weighted by atomic mass is 32.2. The van der Waals surface area contributed by atoms with Gasteiger partial charge in [-0.15, -0.1) is 0 Å². The maximum Gasteiger partial charge on any atom is 0.236 e. The van der Waals surface area contributed by atoms with Gasteiger partial charge in [0, 0.05) is 69.5 Å². The fourth-order valence-corrected chi connectivity index (χ4v) is 4.93. The van der Waals surface area contributed by atoms with Gasteiger partial charge in [0.25, 0.3) is 0 Å². The Balaban J connectivity index is 1.15. The number of nitrogens with one attached hydrogen (secondary N) is 2. The second kappa shape index (κ2) is 12.9. The summed E-state index contributed by atoms with van der Waals surface area (Å²) in [6.07, 6.45) is 3.74. The molecule has 0 aliphatic carbocycles. The lowest BCUT2D eigenvalue weighted by atomic mass is 10.2. The normalized spacial score (nSPS) is 16.0. The van der Waals surface area contributed by atoms with E-state index in [2.05, 4.69) is 54.7 Å². The van der Waals surface area contributed by atoms with Gasteiger partial charge in [-0.1, -0.05) is 17.8 Å². The summed E-state index contributed by atoms with van der Waals surface area (Å²) in [6, 6.07) is 16.2. The van der Waals surface area contributed by atoms with Crippen molar-refractivity contribution >= 4 is 40.7 Å². The molecule has 0 saturated carbocycles. The van der Waals surface area contributed by atoms with Crippen molar-refractivity contribution in [3.8, 4) is 0 Å². The number of hydrogen-bond acceptors (Lipinski definition) is 10. The predicted molar refractivity (Wildman–Crippen MR) is 151 cm³/mol. The number of pyridine rings is 1. The summed E-state index contributed by atoms with van der Waals surface area (Å²) in [5.41, 5.74) is 3.11. The molecule has 0 spiro atoms. The first-order chi connectivity index (χ1) is 18.7. The summed E-state index contributed by atoms with van der Waals surface area (Å²) in [5, 5.41) is 7.36. The Kier molecular flexibility index (Phi) is 8.90. The van der Waals surface area contributed by atoms with Crippen LogP contribution in [0.25, 0.3) is 0 Å². The fraction of sp³-hybridized carbons (Fsp3) is 0.407. The van der Waals surface area contributed by atoms with E-state index in [0.29, 0.717) is 31.3 Å². The van der Waals surface area contributed by atoms with Gasteiger partial charge >= 0.3 is 0 Å². The summed E-state index contributed by atoms with van der Waals surface area (Å²) in [7, 11) is 0. The molecule has 4 heterocycles. The maximum absolute atomic E-state index is 12.7. The number of carbonyl (C=O) groups is 1. The van der Waals surface area contributed by atoms with Gasteiger partial charge in [0.15, 0.2) is 5.16 Å². The van der Waals surface area contributed by atoms with Crippen LogP contribution in [0.2, 0.25) is 0 Å². The third-order valence-corrected chi connectivity index (χ3v) is 7.20. The molecule has 1 amide bonds. The Labute approximate surface area is 227 Å². The van der Waals surface area contributed by atoms with E-state index in [1.807, 2.05) is 35.4 Å². The minimum atomic E-state index is 0.107. The van der Waals surface area contributed by atoms with E-state index in [9.17, 15) is 4.79 Å². The Morgan fingerprint density at radius 2 is 1.76 bits per heavy atom. The van der Waals surface area contributed by atoms with Gasteiger partial charge in [0.1, 0.15) is 11.6 Å². The van der Waals surface area contributed by atoms with Crippen molar-refractivity contribution in [3.63, 3.8) is 0 Å². The minimum Gasteiger partial charge on any atom is -0.378 e. The highest BCUT2D eigenvalue weighted by molar-refractivity contribution is 7.98. The molecule has 3 aromatic rings. The minimum absolute atomic E-state index is 0.107. The fourth-order valence-electron chi connectivity index (χ4n) is 4.55. The number of aromatic nitrogens is 3. The number of nitrogens with zero attached hydrogens (tertiary/aromatic N) is 6. The van der Waals surface area contributed by atoms with Crippen LogP contribution in [0.5, 0.6) is 0 Å². The van der Waals surface area contributed by atoms with Crippen LogP contribution in [0, 0.1) is 0 Å². The summed E-state index contributed by atoms with van der Waals surface area (Å²) in [5.74, 6) is 1.74. The molecule has 2 aromatic heterocycles. The molecule has 5 rings (SSSR count).